The summed E-state index contributed by atoms with van der Waals surface area (Å²) >= 11 is 0. The molecule has 2 aromatic heterocycles. The van der Waals surface area contributed by atoms with Gasteiger partial charge in [0.25, 0.3) is 0 Å². The fraction of sp³-hybridized carbons (Fsp3) is 0. The van der Waals surface area contributed by atoms with Crippen molar-refractivity contribution in [3.8, 4) is 56.8 Å². The highest BCUT2D eigenvalue weighted by Gasteiger charge is 2.18. The van der Waals surface area contributed by atoms with E-state index in [9.17, 15) is 5.26 Å². The second-order valence-electron chi connectivity index (χ2n) is 15.1. The topological polar surface area (TPSA) is 70.8 Å². The minimum absolute atomic E-state index is 0.503. The summed E-state index contributed by atoms with van der Waals surface area (Å²) in [6.45, 7) is 22.5. The molecule has 0 saturated heterocycles. The van der Waals surface area contributed by atoms with Crippen LogP contribution in [0.5, 0.6) is 0 Å². The molecule has 0 saturated carbocycles. The fourth-order valence-electron chi connectivity index (χ4n) is 8.14. The van der Waals surface area contributed by atoms with Crippen molar-refractivity contribution in [3.05, 3.63) is 234 Å². The van der Waals surface area contributed by atoms with Gasteiger partial charge in [0.15, 0.2) is 22.9 Å². The molecule has 0 amide bonds. The van der Waals surface area contributed by atoms with Crippen LogP contribution in [0.4, 0.5) is 34.1 Å². The third kappa shape index (κ3) is 7.23. The average molecular weight is 817 g/mol. The zero-order chi connectivity index (χ0) is 43.6. The molecule has 0 fully saturated rings. The second-order valence-corrected chi connectivity index (χ2v) is 15.1. The maximum Gasteiger partial charge on any atom is 0.187 e. The first-order chi connectivity index (χ1) is 31.5. The maximum atomic E-state index is 9.49. The highest BCUT2D eigenvalue weighted by molar-refractivity contribution is 6.10. The van der Waals surface area contributed by atoms with Gasteiger partial charge in [-0.25, -0.2) is 24.5 Å². The Balaban J connectivity index is 0.995. The summed E-state index contributed by atoms with van der Waals surface area (Å²) in [5.41, 5.74) is 14.1. The number of aromatic nitrogens is 3. The molecule has 0 unspecified atom stereocenters. The lowest BCUT2D eigenvalue weighted by Crippen LogP contribution is -2.09. The quantitative estimate of drug-likeness (QED) is 0.143. The van der Waals surface area contributed by atoms with E-state index in [-0.39, 0.29) is 0 Å². The Labute approximate surface area is 369 Å². The van der Waals surface area contributed by atoms with Crippen molar-refractivity contribution in [1.82, 2.24) is 14.5 Å². The highest BCUT2D eigenvalue weighted by Crippen LogP contribution is 2.41. The number of para-hydroxylation sites is 1. The van der Waals surface area contributed by atoms with Crippen LogP contribution in [0.1, 0.15) is 5.56 Å². The van der Waals surface area contributed by atoms with E-state index in [1.165, 1.54) is 0 Å². The zero-order valence-corrected chi connectivity index (χ0v) is 34.1. The fourth-order valence-corrected chi connectivity index (χ4v) is 8.14. The van der Waals surface area contributed by atoms with Crippen LogP contribution in [-0.2, 0) is 0 Å². The first kappa shape index (κ1) is 38.6. The van der Waals surface area contributed by atoms with Crippen molar-refractivity contribution < 1.29 is 0 Å². The molecule has 0 atom stereocenters. The number of hydrogen-bond acceptors (Lipinski definition) is 4. The molecule has 64 heavy (non-hydrogen) atoms. The van der Waals surface area contributed by atoms with Gasteiger partial charge in [0.2, 0.25) is 0 Å². The van der Waals surface area contributed by atoms with Crippen LogP contribution in [0.2, 0.25) is 0 Å². The molecule has 8 aromatic carbocycles. The number of rotatable bonds is 8. The molecular weight excluding hydrogens is 785 g/mol. The lowest BCUT2D eigenvalue weighted by atomic mass is 10.0. The summed E-state index contributed by atoms with van der Waals surface area (Å²) < 4.78 is 2.30. The summed E-state index contributed by atoms with van der Waals surface area (Å²) in [6.07, 6.45) is 0. The molecule has 8 heteroatoms. The standard InChI is InChI=1S/C56H32N8/c1-58-43-22-28-47(29-23-43)63(46-24-14-37(36-57)15-25-46)49-30-31-55-51(34-49)50-12-4-5-13-54(50)64(55)48-26-20-39(21-27-48)38-16-18-40(19-17-38)52-35-53(41-8-6-10-44(32-41)59-2)62-56(61-52)42-9-7-11-45(33-42)60-3/h4-35H. The first-order valence-corrected chi connectivity index (χ1v) is 20.4. The monoisotopic (exact) mass is 816 g/mol. The summed E-state index contributed by atoms with van der Waals surface area (Å²) in [4.78, 5) is 22.8. The number of anilines is 3. The molecule has 0 N–H and O–H groups in total. The number of fused-ring (bicyclic) bond motifs is 3. The Morgan fingerprint density at radius 3 is 1.64 bits per heavy atom. The zero-order valence-electron chi connectivity index (χ0n) is 34.1. The van der Waals surface area contributed by atoms with E-state index in [1.807, 2.05) is 84.9 Å². The Morgan fingerprint density at radius 2 is 0.984 bits per heavy atom. The third-order valence-corrected chi connectivity index (χ3v) is 11.3. The molecule has 0 aliphatic rings. The molecule has 0 radical (unpaired) electrons. The molecule has 0 aliphatic heterocycles. The third-order valence-electron chi connectivity index (χ3n) is 11.3. The maximum absolute atomic E-state index is 9.49. The van der Waals surface area contributed by atoms with E-state index in [2.05, 4.69) is 121 Å². The predicted octanol–water partition coefficient (Wildman–Crippen LogP) is 15.2. The minimum Gasteiger partial charge on any atom is -0.311 e. The van der Waals surface area contributed by atoms with Crippen LogP contribution in [0.15, 0.2) is 194 Å². The van der Waals surface area contributed by atoms with Gasteiger partial charge in [-0.3, -0.25) is 0 Å². The number of hydrogen-bond donors (Lipinski definition) is 0. The molecule has 10 aromatic rings. The Hall–Kier alpha value is -9.60. The van der Waals surface area contributed by atoms with Gasteiger partial charge in [0.05, 0.1) is 53.8 Å². The highest BCUT2D eigenvalue weighted by atomic mass is 15.1. The lowest BCUT2D eigenvalue weighted by molar-refractivity contribution is 1.18. The van der Waals surface area contributed by atoms with Gasteiger partial charge >= 0.3 is 0 Å². The summed E-state index contributed by atoms with van der Waals surface area (Å²) in [5.74, 6) is 0.503. The van der Waals surface area contributed by atoms with Crippen LogP contribution in [0.3, 0.4) is 0 Å². The molecular formula is C56H32N8. The lowest BCUT2D eigenvalue weighted by Gasteiger charge is -2.26. The summed E-state index contributed by atoms with van der Waals surface area (Å²) in [5, 5.41) is 11.7. The van der Waals surface area contributed by atoms with Crippen molar-refractivity contribution >= 4 is 55.9 Å². The largest absolute Gasteiger partial charge is 0.311 e. The minimum atomic E-state index is 0.503. The normalized spacial score (nSPS) is 10.8. The van der Waals surface area contributed by atoms with E-state index in [1.54, 1.807) is 18.2 Å². The number of nitriles is 1. The molecule has 0 aliphatic carbocycles. The molecule has 8 nitrogen and oxygen atoms in total. The molecule has 2 heterocycles. The van der Waals surface area contributed by atoms with E-state index < -0.39 is 0 Å². The Morgan fingerprint density at radius 1 is 0.438 bits per heavy atom. The van der Waals surface area contributed by atoms with Crippen molar-refractivity contribution in [2.24, 2.45) is 0 Å². The van der Waals surface area contributed by atoms with Crippen molar-refractivity contribution in [2.75, 3.05) is 4.90 Å². The van der Waals surface area contributed by atoms with E-state index in [0.717, 1.165) is 78.1 Å². The van der Waals surface area contributed by atoms with Crippen molar-refractivity contribution in [3.63, 3.8) is 0 Å². The van der Waals surface area contributed by atoms with E-state index in [0.29, 0.717) is 34.1 Å². The molecule has 10 rings (SSSR count). The predicted molar refractivity (Wildman–Crippen MR) is 256 cm³/mol. The van der Waals surface area contributed by atoms with E-state index >= 15 is 0 Å². The van der Waals surface area contributed by atoms with Crippen molar-refractivity contribution in [1.29, 1.82) is 5.26 Å². The van der Waals surface area contributed by atoms with Gasteiger partial charge in [-0.15, -0.1) is 0 Å². The van der Waals surface area contributed by atoms with Gasteiger partial charge < -0.3 is 9.47 Å². The Kier molecular flexibility index (Phi) is 9.92. The van der Waals surface area contributed by atoms with Gasteiger partial charge in [0.1, 0.15) is 0 Å². The molecule has 296 valence electrons. The van der Waals surface area contributed by atoms with Crippen LogP contribution < -0.4 is 4.90 Å². The van der Waals surface area contributed by atoms with Crippen LogP contribution >= 0.6 is 0 Å². The van der Waals surface area contributed by atoms with Gasteiger partial charge in [-0.1, -0.05) is 103 Å². The first-order valence-electron chi connectivity index (χ1n) is 20.4. The molecule has 0 spiro atoms. The van der Waals surface area contributed by atoms with E-state index in [4.69, 9.17) is 29.7 Å². The Bertz CT molecular complexity index is 3450. The summed E-state index contributed by atoms with van der Waals surface area (Å²) in [6, 6.07) is 65.8. The second kappa shape index (κ2) is 16.5. The van der Waals surface area contributed by atoms with Crippen molar-refractivity contribution in [2.45, 2.75) is 0 Å². The number of nitrogens with zero attached hydrogens (tertiary/aromatic N) is 8. The van der Waals surface area contributed by atoms with Crippen LogP contribution in [0, 0.1) is 31.0 Å². The van der Waals surface area contributed by atoms with Gasteiger partial charge in [0, 0.05) is 44.6 Å². The van der Waals surface area contributed by atoms with Crippen LogP contribution in [-0.4, -0.2) is 14.5 Å². The van der Waals surface area contributed by atoms with Crippen LogP contribution in [0.25, 0.3) is 87.1 Å². The average Bonchev–Trinajstić information content (AvgIpc) is 3.70. The summed E-state index contributed by atoms with van der Waals surface area (Å²) in [7, 11) is 0. The van der Waals surface area contributed by atoms with Gasteiger partial charge in [-0.2, -0.15) is 5.26 Å². The van der Waals surface area contributed by atoms with Gasteiger partial charge in [-0.05, 0) is 108 Å². The molecule has 0 bridgehead atoms. The SMILES string of the molecule is [C-]#[N+]c1ccc(N(c2ccc(C#N)cc2)c2ccc3c(c2)c2ccccc2n3-c2ccc(-c3ccc(-c4cc(-c5cccc([N+]#[C-])c5)nc(-c5cccc([N+]#[C-])c5)n4)cc3)cc2)cc1. The smallest absolute Gasteiger partial charge is 0.187 e. The number of benzene rings is 8.